The monoisotopic (exact) mass is 203 g/mol. The van der Waals surface area contributed by atoms with Gasteiger partial charge in [-0.05, 0) is 25.5 Å². The van der Waals surface area contributed by atoms with E-state index in [4.69, 9.17) is 10.3 Å². The van der Waals surface area contributed by atoms with Gasteiger partial charge in [-0.3, -0.25) is 0 Å². The normalized spacial score (nSPS) is 12.7. The smallest absolute Gasteiger partial charge is 0.258 e. The van der Waals surface area contributed by atoms with E-state index in [2.05, 4.69) is 10.1 Å². The fraction of sp³-hybridized carbons (Fsp3) is 0.273. The van der Waals surface area contributed by atoms with Crippen LogP contribution in [0.3, 0.4) is 0 Å². The lowest BCUT2D eigenvalue weighted by atomic mass is 10.1. The highest BCUT2D eigenvalue weighted by molar-refractivity contribution is 5.57. The van der Waals surface area contributed by atoms with Crippen LogP contribution >= 0.6 is 0 Å². The Morgan fingerprint density at radius 3 is 2.67 bits per heavy atom. The van der Waals surface area contributed by atoms with E-state index < -0.39 is 0 Å². The highest BCUT2D eigenvalue weighted by atomic mass is 16.5. The van der Waals surface area contributed by atoms with Gasteiger partial charge in [0, 0.05) is 5.56 Å². The van der Waals surface area contributed by atoms with Crippen molar-refractivity contribution in [2.24, 2.45) is 5.73 Å². The molecule has 78 valence electrons. The number of benzene rings is 1. The molecule has 0 saturated heterocycles. The van der Waals surface area contributed by atoms with Crippen LogP contribution in [0.2, 0.25) is 0 Å². The maximum atomic E-state index is 5.66. The van der Waals surface area contributed by atoms with Crippen LogP contribution in [0.15, 0.2) is 28.8 Å². The summed E-state index contributed by atoms with van der Waals surface area (Å²) in [6.07, 6.45) is 0. The number of nitrogens with zero attached hydrogens (tertiary/aromatic N) is 2. The molecule has 0 radical (unpaired) electrons. The van der Waals surface area contributed by atoms with Crippen molar-refractivity contribution < 1.29 is 4.52 Å². The highest BCUT2D eigenvalue weighted by Crippen LogP contribution is 2.21. The Morgan fingerprint density at radius 2 is 2.07 bits per heavy atom. The van der Waals surface area contributed by atoms with Crippen LogP contribution in [0.25, 0.3) is 11.5 Å². The van der Waals surface area contributed by atoms with E-state index in [1.54, 1.807) is 0 Å². The summed E-state index contributed by atoms with van der Waals surface area (Å²) in [5, 5.41) is 3.82. The Balaban J connectivity index is 2.42. The molecule has 0 amide bonds. The van der Waals surface area contributed by atoms with E-state index in [1.807, 2.05) is 38.1 Å². The molecule has 0 aliphatic rings. The van der Waals surface area contributed by atoms with Gasteiger partial charge in [0.25, 0.3) is 5.89 Å². The van der Waals surface area contributed by atoms with Crippen molar-refractivity contribution in [1.82, 2.24) is 10.1 Å². The molecule has 1 aromatic heterocycles. The minimum absolute atomic E-state index is 0.202. The molecule has 2 rings (SSSR count). The van der Waals surface area contributed by atoms with Crippen molar-refractivity contribution in [3.8, 4) is 11.5 Å². The van der Waals surface area contributed by atoms with Crippen LogP contribution in [0.5, 0.6) is 0 Å². The molecule has 4 nitrogen and oxygen atoms in total. The second-order valence-corrected chi connectivity index (χ2v) is 3.56. The number of aromatic nitrogens is 2. The van der Waals surface area contributed by atoms with Gasteiger partial charge < -0.3 is 10.3 Å². The lowest BCUT2D eigenvalue weighted by molar-refractivity contribution is 0.418. The van der Waals surface area contributed by atoms with Gasteiger partial charge in [0.2, 0.25) is 0 Å². The Morgan fingerprint density at radius 1 is 1.33 bits per heavy atom. The van der Waals surface area contributed by atoms with Crippen molar-refractivity contribution in [2.45, 2.75) is 19.9 Å². The van der Waals surface area contributed by atoms with E-state index >= 15 is 0 Å². The highest BCUT2D eigenvalue weighted by Gasteiger charge is 2.12. The maximum Gasteiger partial charge on any atom is 0.258 e. The topological polar surface area (TPSA) is 64.9 Å². The standard InChI is InChI=1S/C11H13N3O/c1-7-5-3-4-6-9(7)11-13-10(8(2)12)14-15-11/h3-6,8H,12H2,1-2H3. The predicted molar refractivity (Wildman–Crippen MR) is 57.1 cm³/mol. The lowest BCUT2D eigenvalue weighted by Crippen LogP contribution is -2.06. The van der Waals surface area contributed by atoms with E-state index in [1.165, 1.54) is 0 Å². The molecule has 0 spiro atoms. The van der Waals surface area contributed by atoms with Crippen LogP contribution in [0.4, 0.5) is 0 Å². The van der Waals surface area contributed by atoms with Crippen LogP contribution < -0.4 is 5.73 Å². The fourth-order valence-electron chi connectivity index (χ4n) is 1.34. The van der Waals surface area contributed by atoms with Crippen LogP contribution in [-0.4, -0.2) is 10.1 Å². The first kappa shape index (κ1) is 9.86. The summed E-state index contributed by atoms with van der Waals surface area (Å²) in [5.74, 6) is 1.06. The SMILES string of the molecule is Cc1ccccc1-c1nc(C(C)N)no1. The van der Waals surface area contributed by atoms with Gasteiger partial charge in [0.1, 0.15) is 0 Å². The third-order valence-corrected chi connectivity index (χ3v) is 2.22. The fourth-order valence-corrected chi connectivity index (χ4v) is 1.34. The van der Waals surface area contributed by atoms with Gasteiger partial charge in [-0.2, -0.15) is 4.98 Å². The average molecular weight is 203 g/mol. The van der Waals surface area contributed by atoms with Crippen molar-refractivity contribution in [2.75, 3.05) is 0 Å². The molecule has 1 aromatic carbocycles. The molecule has 1 unspecified atom stereocenters. The summed E-state index contributed by atoms with van der Waals surface area (Å²) in [4.78, 5) is 4.24. The molecule has 1 heterocycles. The first-order valence-electron chi connectivity index (χ1n) is 4.83. The van der Waals surface area contributed by atoms with Gasteiger partial charge in [0.05, 0.1) is 6.04 Å². The first-order valence-corrected chi connectivity index (χ1v) is 4.83. The molecule has 0 saturated carbocycles. The second-order valence-electron chi connectivity index (χ2n) is 3.56. The van der Waals surface area contributed by atoms with Gasteiger partial charge >= 0.3 is 0 Å². The minimum Gasteiger partial charge on any atom is -0.334 e. The molecule has 2 N–H and O–H groups in total. The summed E-state index contributed by atoms with van der Waals surface area (Å²) in [5.41, 5.74) is 7.72. The molecule has 1 atom stereocenters. The quantitative estimate of drug-likeness (QED) is 0.811. The van der Waals surface area contributed by atoms with E-state index in [0.29, 0.717) is 11.7 Å². The van der Waals surface area contributed by atoms with Crippen molar-refractivity contribution in [1.29, 1.82) is 0 Å². The Labute approximate surface area is 88.1 Å². The van der Waals surface area contributed by atoms with Crippen LogP contribution in [-0.2, 0) is 0 Å². The summed E-state index contributed by atoms with van der Waals surface area (Å²) in [6, 6.07) is 7.67. The Kier molecular flexibility index (Phi) is 2.51. The Hall–Kier alpha value is -1.68. The van der Waals surface area contributed by atoms with Crippen LogP contribution in [0, 0.1) is 6.92 Å². The Bertz CT molecular complexity index is 462. The van der Waals surface area contributed by atoms with Crippen molar-refractivity contribution >= 4 is 0 Å². The zero-order chi connectivity index (χ0) is 10.8. The third kappa shape index (κ3) is 1.89. The van der Waals surface area contributed by atoms with E-state index in [9.17, 15) is 0 Å². The first-order chi connectivity index (χ1) is 7.18. The van der Waals surface area contributed by atoms with Gasteiger partial charge in [-0.1, -0.05) is 23.4 Å². The number of rotatable bonds is 2. The average Bonchev–Trinajstić information content (AvgIpc) is 2.67. The van der Waals surface area contributed by atoms with Gasteiger partial charge in [0.15, 0.2) is 5.82 Å². The van der Waals surface area contributed by atoms with E-state index in [0.717, 1.165) is 11.1 Å². The minimum atomic E-state index is -0.202. The molecule has 0 aliphatic carbocycles. The zero-order valence-corrected chi connectivity index (χ0v) is 8.77. The maximum absolute atomic E-state index is 5.66. The predicted octanol–water partition coefficient (Wildman–Crippen LogP) is 2.06. The number of hydrogen-bond donors (Lipinski definition) is 1. The molecule has 0 bridgehead atoms. The lowest BCUT2D eigenvalue weighted by Gasteiger charge is -1.98. The van der Waals surface area contributed by atoms with Gasteiger partial charge in [-0.25, -0.2) is 0 Å². The third-order valence-electron chi connectivity index (χ3n) is 2.22. The molecule has 2 aromatic rings. The van der Waals surface area contributed by atoms with E-state index in [-0.39, 0.29) is 6.04 Å². The molecule has 0 aliphatic heterocycles. The molecule has 4 heteroatoms. The van der Waals surface area contributed by atoms with Crippen molar-refractivity contribution in [3.63, 3.8) is 0 Å². The summed E-state index contributed by atoms with van der Waals surface area (Å²) in [6.45, 7) is 3.83. The second kappa shape index (κ2) is 3.82. The summed E-state index contributed by atoms with van der Waals surface area (Å²) >= 11 is 0. The molecular formula is C11H13N3O. The molecular weight excluding hydrogens is 190 g/mol. The van der Waals surface area contributed by atoms with Crippen molar-refractivity contribution in [3.05, 3.63) is 35.7 Å². The largest absolute Gasteiger partial charge is 0.334 e. The summed E-state index contributed by atoms with van der Waals surface area (Å²) < 4.78 is 5.15. The number of nitrogens with two attached hydrogens (primary N) is 1. The number of aryl methyl sites for hydroxylation is 1. The number of hydrogen-bond acceptors (Lipinski definition) is 4. The van der Waals surface area contributed by atoms with Gasteiger partial charge in [-0.15, -0.1) is 0 Å². The molecule has 0 fully saturated rings. The summed E-state index contributed by atoms with van der Waals surface area (Å²) in [7, 11) is 0. The zero-order valence-electron chi connectivity index (χ0n) is 8.77. The van der Waals surface area contributed by atoms with Crippen LogP contribution in [0.1, 0.15) is 24.4 Å². The molecule has 15 heavy (non-hydrogen) atoms.